The second kappa shape index (κ2) is 4.72. The molecule has 0 amide bonds. The fourth-order valence-corrected chi connectivity index (χ4v) is 2.58. The summed E-state index contributed by atoms with van der Waals surface area (Å²) in [6, 6.07) is 14.4. The zero-order chi connectivity index (χ0) is 13.4. The average Bonchev–Trinajstić information content (AvgIpc) is 3.17. The van der Waals surface area contributed by atoms with Crippen LogP contribution in [0.4, 0.5) is 0 Å². The van der Waals surface area contributed by atoms with Gasteiger partial charge < -0.3 is 9.26 Å². The molecule has 1 aromatic heterocycles. The van der Waals surface area contributed by atoms with E-state index in [1.54, 1.807) is 0 Å². The summed E-state index contributed by atoms with van der Waals surface area (Å²) in [6.07, 6.45) is 0.969. The molecule has 1 atom stereocenters. The molecule has 2 heterocycles. The maximum atomic E-state index is 5.40. The van der Waals surface area contributed by atoms with Gasteiger partial charge in [0.05, 0.1) is 6.61 Å². The van der Waals surface area contributed by atoms with Gasteiger partial charge in [-0.2, -0.15) is 4.98 Å². The summed E-state index contributed by atoms with van der Waals surface area (Å²) in [4.78, 5) is 4.51. The third kappa shape index (κ3) is 1.98. The van der Waals surface area contributed by atoms with Crippen LogP contribution >= 0.6 is 0 Å². The molecule has 3 aromatic rings. The second-order valence-corrected chi connectivity index (χ2v) is 5.08. The van der Waals surface area contributed by atoms with Gasteiger partial charge >= 0.3 is 0 Å². The molecule has 0 spiro atoms. The maximum absolute atomic E-state index is 5.40. The number of hydrogen-bond acceptors (Lipinski definition) is 4. The first-order chi connectivity index (χ1) is 9.90. The van der Waals surface area contributed by atoms with E-state index < -0.39 is 0 Å². The van der Waals surface area contributed by atoms with Gasteiger partial charge in [0.25, 0.3) is 5.89 Å². The molecule has 0 unspecified atom stereocenters. The molecule has 1 saturated heterocycles. The lowest BCUT2D eigenvalue weighted by molar-refractivity contribution is 0.192. The first-order valence-electron chi connectivity index (χ1n) is 6.81. The maximum Gasteiger partial charge on any atom is 0.257 e. The largest absolute Gasteiger partial charge is 0.381 e. The molecule has 1 fully saturated rings. The minimum absolute atomic E-state index is 0.271. The van der Waals surface area contributed by atoms with E-state index >= 15 is 0 Å². The standard InChI is InChI=1S/C16H14N2O2/c1-2-4-12-9-13(6-5-11(12)3-1)16-17-15(18-20-16)14-7-8-19-10-14/h1-6,9,14H,7-8,10H2/t14-/m1/s1. The van der Waals surface area contributed by atoms with Gasteiger partial charge in [0.15, 0.2) is 5.82 Å². The van der Waals surface area contributed by atoms with Gasteiger partial charge in [-0.25, -0.2) is 0 Å². The third-order valence-corrected chi connectivity index (χ3v) is 3.73. The van der Waals surface area contributed by atoms with E-state index in [-0.39, 0.29) is 5.92 Å². The van der Waals surface area contributed by atoms with Crippen LogP contribution in [0.15, 0.2) is 47.0 Å². The van der Waals surface area contributed by atoms with Crippen molar-refractivity contribution >= 4 is 10.8 Å². The van der Waals surface area contributed by atoms with Crippen LogP contribution in [-0.2, 0) is 4.74 Å². The Hall–Kier alpha value is -2.20. The molecule has 4 heteroatoms. The van der Waals surface area contributed by atoms with Gasteiger partial charge in [0.1, 0.15) is 0 Å². The molecular formula is C16H14N2O2. The number of aromatic nitrogens is 2. The van der Waals surface area contributed by atoms with Crippen LogP contribution in [0.25, 0.3) is 22.2 Å². The highest BCUT2D eigenvalue weighted by atomic mass is 16.5. The molecule has 0 N–H and O–H groups in total. The fourth-order valence-electron chi connectivity index (χ4n) is 2.58. The van der Waals surface area contributed by atoms with Crippen molar-refractivity contribution < 1.29 is 9.26 Å². The van der Waals surface area contributed by atoms with E-state index in [0.717, 1.165) is 24.4 Å². The summed E-state index contributed by atoms with van der Waals surface area (Å²) in [7, 11) is 0. The van der Waals surface area contributed by atoms with Gasteiger partial charge in [-0.3, -0.25) is 0 Å². The van der Waals surface area contributed by atoms with Crippen molar-refractivity contribution in [2.75, 3.05) is 13.2 Å². The minimum Gasteiger partial charge on any atom is -0.381 e. The monoisotopic (exact) mass is 266 g/mol. The van der Waals surface area contributed by atoms with Crippen molar-refractivity contribution in [3.8, 4) is 11.5 Å². The fraction of sp³-hybridized carbons (Fsp3) is 0.250. The summed E-state index contributed by atoms with van der Waals surface area (Å²) in [5.74, 6) is 1.61. The Bertz CT molecular complexity index is 745. The number of nitrogens with zero attached hydrogens (tertiary/aromatic N) is 2. The van der Waals surface area contributed by atoms with Crippen molar-refractivity contribution in [2.24, 2.45) is 0 Å². The first kappa shape index (κ1) is 11.6. The van der Waals surface area contributed by atoms with Crippen LogP contribution in [0.1, 0.15) is 18.2 Å². The van der Waals surface area contributed by atoms with Crippen molar-refractivity contribution in [1.82, 2.24) is 10.1 Å². The summed E-state index contributed by atoms with van der Waals surface area (Å²) in [5, 5.41) is 6.47. The molecule has 0 bridgehead atoms. The zero-order valence-corrected chi connectivity index (χ0v) is 11.0. The number of ether oxygens (including phenoxy) is 1. The lowest BCUT2D eigenvalue weighted by Gasteiger charge is -1.99. The normalized spacial score (nSPS) is 18.7. The predicted molar refractivity (Wildman–Crippen MR) is 75.4 cm³/mol. The summed E-state index contributed by atoms with van der Waals surface area (Å²) >= 11 is 0. The van der Waals surface area contributed by atoms with E-state index in [2.05, 4.69) is 34.4 Å². The van der Waals surface area contributed by atoms with Crippen LogP contribution in [-0.4, -0.2) is 23.4 Å². The molecule has 2 aromatic carbocycles. The van der Waals surface area contributed by atoms with Gasteiger partial charge in [-0.1, -0.05) is 35.5 Å². The Morgan fingerprint density at radius 2 is 1.95 bits per heavy atom. The molecule has 0 saturated carbocycles. The topological polar surface area (TPSA) is 48.2 Å². The Kier molecular flexibility index (Phi) is 2.74. The van der Waals surface area contributed by atoms with Gasteiger partial charge in [-0.05, 0) is 29.3 Å². The second-order valence-electron chi connectivity index (χ2n) is 5.08. The number of benzene rings is 2. The van der Waals surface area contributed by atoms with Crippen LogP contribution < -0.4 is 0 Å². The van der Waals surface area contributed by atoms with Crippen LogP contribution in [0.2, 0.25) is 0 Å². The minimum atomic E-state index is 0.271. The molecule has 0 aliphatic carbocycles. The molecule has 4 nitrogen and oxygen atoms in total. The van der Waals surface area contributed by atoms with Crippen LogP contribution in [0.5, 0.6) is 0 Å². The van der Waals surface area contributed by atoms with E-state index in [4.69, 9.17) is 9.26 Å². The smallest absolute Gasteiger partial charge is 0.257 e. The van der Waals surface area contributed by atoms with Gasteiger partial charge in [-0.15, -0.1) is 0 Å². The summed E-state index contributed by atoms with van der Waals surface area (Å²) in [6.45, 7) is 1.47. The van der Waals surface area contributed by atoms with Gasteiger partial charge in [0.2, 0.25) is 0 Å². The van der Waals surface area contributed by atoms with E-state index in [1.807, 2.05) is 18.2 Å². The van der Waals surface area contributed by atoms with E-state index in [1.165, 1.54) is 10.8 Å². The van der Waals surface area contributed by atoms with Crippen LogP contribution in [0.3, 0.4) is 0 Å². The molecular weight excluding hydrogens is 252 g/mol. The molecule has 20 heavy (non-hydrogen) atoms. The highest BCUT2D eigenvalue weighted by Gasteiger charge is 2.23. The zero-order valence-electron chi connectivity index (χ0n) is 11.0. The number of rotatable bonds is 2. The molecule has 4 rings (SSSR count). The van der Waals surface area contributed by atoms with Gasteiger partial charge in [0, 0.05) is 18.1 Å². The Labute approximate surface area is 116 Å². The average molecular weight is 266 g/mol. The predicted octanol–water partition coefficient (Wildman–Crippen LogP) is 3.39. The lowest BCUT2D eigenvalue weighted by atomic mass is 10.1. The third-order valence-electron chi connectivity index (χ3n) is 3.73. The number of hydrogen-bond donors (Lipinski definition) is 0. The number of fused-ring (bicyclic) bond motifs is 1. The molecule has 1 aliphatic rings. The molecule has 0 radical (unpaired) electrons. The first-order valence-corrected chi connectivity index (χ1v) is 6.81. The Morgan fingerprint density at radius 1 is 1.05 bits per heavy atom. The molecule has 1 aliphatic heterocycles. The van der Waals surface area contributed by atoms with Crippen molar-refractivity contribution in [1.29, 1.82) is 0 Å². The Morgan fingerprint density at radius 3 is 2.80 bits per heavy atom. The lowest BCUT2D eigenvalue weighted by Crippen LogP contribution is -1.99. The summed E-state index contributed by atoms with van der Waals surface area (Å²) < 4.78 is 10.8. The quantitative estimate of drug-likeness (QED) is 0.713. The van der Waals surface area contributed by atoms with Crippen molar-refractivity contribution in [3.63, 3.8) is 0 Å². The highest BCUT2D eigenvalue weighted by molar-refractivity contribution is 5.86. The molecule has 100 valence electrons. The summed E-state index contributed by atoms with van der Waals surface area (Å²) in [5.41, 5.74) is 0.960. The van der Waals surface area contributed by atoms with Crippen molar-refractivity contribution in [3.05, 3.63) is 48.3 Å². The SMILES string of the molecule is c1ccc2cc(-c3nc([C@@H]4CCOC4)no3)ccc2c1. The van der Waals surface area contributed by atoms with E-state index in [9.17, 15) is 0 Å². The van der Waals surface area contributed by atoms with Crippen molar-refractivity contribution in [2.45, 2.75) is 12.3 Å². The van der Waals surface area contributed by atoms with Crippen LogP contribution in [0, 0.1) is 0 Å². The Balaban J connectivity index is 1.71. The highest BCUT2D eigenvalue weighted by Crippen LogP contribution is 2.27. The van der Waals surface area contributed by atoms with E-state index in [0.29, 0.717) is 12.5 Å².